The Kier molecular flexibility index (Phi) is 2.72. The van der Waals surface area contributed by atoms with Crippen LogP contribution in [0.15, 0.2) is 42.6 Å². The SMILES string of the molecule is Cc1ccc(C)n1-c1ncc(NN)c2ccccc12. The number of aryl methyl sites for hydroxylation is 2. The number of hydrazine groups is 1. The van der Waals surface area contributed by atoms with E-state index in [0.29, 0.717) is 0 Å². The molecule has 0 fully saturated rings. The number of hydrogen-bond acceptors (Lipinski definition) is 3. The predicted molar refractivity (Wildman–Crippen MR) is 78.4 cm³/mol. The second-order valence-corrected chi connectivity index (χ2v) is 4.64. The molecule has 0 aliphatic rings. The summed E-state index contributed by atoms with van der Waals surface area (Å²) in [4.78, 5) is 4.56. The van der Waals surface area contributed by atoms with Crippen LogP contribution in [0.3, 0.4) is 0 Å². The maximum atomic E-state index is 5.55. The Hall–Kier alpha value is -2.33. The highest BCUT2D eigenvalue weighted by atomic mass is 15.2. The highest BCUT2D eigenvalue weighted by Crippen LogP contribution is 2.28. The van der Waals surface area contributed by atoms with Crippen molar-refractivity contribution in [1.82, 2.24) is 9.55 Å². The largest absolute Gasteiger partial charge is 0.322 e. The molecule has 0 aliphatic heterocycles. The third-order valence-corrected chi connectivity index (χ3v) is 3.41. The van der Waals surface area contributed by atoms with E-state index in [4.69, 9.17) is 5.84 Å². The van der Waals surface area contributed by atoms with Crippen molar-refractivity contribution in [1.29, 1.82) is 0 Å². The molecule has 0 bridgehead atoms. The van der Waals surface area contributed by atoms with Crippen LogP contribution in [0.2, 0.25) is 0 Å². The summed E-state index contributed by atoms with van der Waals surface area (Å²) in [6.07, 6.45) is 1.77. The van der Waals surface area contributed by atoms with Gasteiger partial charge in [-0.2, -0.15) is 0 Å². The van der Waals surface area contributed by atoms with Crippen molar-refractivity contribution in [2.24, 2.45) is 5.84 Å². The minimum atomic E-state index is 0.835. The van der Waals surface area contributed by atoms with Gasteiger partial charge >= 0.3 is 0 Å². The van der Waals surface area contributed by atoms with E-state index in [1.165, 1.54) is 11.4 Å². The lowest BCUT2D eigenvalue weighted by Crippen LogP contribution is -2.09. The first-order chi connectivity index (χ1) is 9.22. The number of nitrogens with zero attached hydrogens (tertiary/aromatic N) is 2. The molecule has 0 atom stereocenters. The number of hydrogen-bond donors (Lipinski definition) is 2. The molecule has 0 amide bonds. The normalized spacial score (nSPS) is 10.9. The molecule has 96 valence electrons. The van der Waals surface area contributed by atoms with Gasteiger partial charge in [0.25, 0.3) is 0 Å². The smallest absolute Gasteiger partial charge is 0.145 e. The summed E-state index contributed by atoms with van der Waals surface area (Å²) in [5.74, 6) is 6.49. The van der Waals surface area contributed by atoms with Gasteiger partial charge in [-0.05, 0) is 26.0 Å². The van der Waals surface area contributed by atoms with Crippen molar-refractivity contribution in [2.45, 2.75) is 13.8 Å². The van der Waals surface area contributed by atoms with Crippen LogP contribution in [0.4, 0.5) is 5.69 Å². The first-order valence-corrected chi connectivity index (χ1v) is 6.22. The van der Waals surface area contributed by atoms with E-state index in [1.54, 1.807) is 6.20 Å². The molecule has 19 heavy (non-hydrogen) atoms. The molecule has 3 rings (SSSR count). The number of pyridine rings is 1. The van der Waals surface area contributed by atoms with Crippen molar-refractivity contribution in [3.05, 3.63) is 54.0 Å². The van der Waals surface area contributed by atoms with E-state index >= 15 is 0 Å². The summed E-state index contributed by atoms with van der Waals surface area (Å²) >= 11 is 0. The fourth-order valence-electron chi connectivity index (χ4n) is 2.47. The summed E-state index contributed by atoms with van der Waals surface area (Å²) in [6, 6.07) is 12.3. The predicted octanol–water partition coefficient (Wildman–Crippen LogP) is 2.93. The molecular weight excluding hydrogens is 236 g/mol. The molecule has 4 heteroatoms. The van der Waals surface area contributed by atoms with E-state index in [2.05, 4.69) is 47.0 Å². The molecule has 0 saturated carbocycles. The number of nitrogens with two attached hydrogens (primary N) is 1. The standard InChI is InChI=1S/C15H16N4/c1-10-7-8-11(2)19(10)15-13-6-4-3-5-12(13)14(18-16)9-17-15/h3-9,18H,16H2,1-2H3. The number of nitrogen functional groups attached to an aromatic ring is 1. The quantitative estimate of drug-likeness (QED) is 0.544. The van der Waals surface area contributed by atoms with Gasteiger partial charge in [0, 0.05) is 22.2 Å². The lowest BCUT2D eigenvalue weighted by molar-refractivity contribution is 0.933. The molecule has 0 radical (unpaired) electrons. The second-order valence-electron chi connectivity index (χ2n) is 4.64. The minimum Gasteiger partial charge on any atom is -0.322 e. The van der Waals surface area contributed by atoms with Crippen molar-refractivity contribution >= 4 is 16.5 Å². The summed E-state index contributed by atoms with van der Waals surface area (Å²) in [7, 11) is 0. The zero-order chi connectivity index (χ0) is 13.4. The first-order valence-electron chi connectivity index (χ1n) is 6.22. The van der Waals surface area contributed by atoms with E-state index in [0.717, 1.165) is 22.3 Å². The highest BCUT2D eigenvalue weighted by molar-refractivity contribution is 5.97. The van der Waals surface area contributed by atoms with Crippen LogP contribution < -0.4 is 11.3 Å². The monoisotopic (exact) mass is 252 g/mol. The number of rotatable bonds is 2. The maximum absolute atomic E-state index is 5.55. The van der Waals surface area contributed by atoms with E-state index in [1.807, 2.05) is 18.2 Å². The van der Waals surface area contributed by atoms with Crippen LogP contribution in [0, 0.1) is 13.8 Å². The Labute approximate surface area is 111 Å². The average molecular weight is 252 g/mol. The zero-order valence-corrected chi connectivity index (χ0v) is 11.0. The number of nitrogens with one attached hydrogen (secondary N) is 1. The molecule has 1 aromatic carbocycles. The van der Waals surface area contributed by atoms with Gasteiger partial charge in [0.15, 0.2) is 0 Å². The summed E-state index contributed by atoms with van der Waals surface area (Å²) < 4.78 is 2.16. The van der Waals surface area contributed by atoms with Crippen LogP contribution in [0.25, 0.3) is 16.6 Å². The van der Waals surface area contributed by atoms with E-state index in [9.17, 15) is 0 Å². The Balaban J connectivity index is 2.38. The first kappa shape index (κ1) is 11.7. The summed E-state index contributed by atoms with van der Waals surface area (Å²) in [6.45, 7) is 4.16. The zero-order valence-electron chi connectivity index (χ0n) is 11.0. The Morgan fingerprint density at radius 3 is 2.26 bits per heavy atom. The maximum Gasteiger partial charge on any atom is 0.145 e. The lowest BCUT2D eigenvalue weighted by atomic mass is 10.1. The van der Waals surface area contributed by atoms with Crippen LogP contribution in [0.5, 0.6) is 0 Å². The van der Waals surface area contributed by atoms with Crippen LogP contribution in [-0.4, -0.2) is 9.55 Å². The topological polar surface area (TPSA) is 55.9 Å². The second kappa shape index (κ2) is 4.40. The van der Waals surface area contributed by atoms with Crippen molar-refractivity contribution in [3.63, 3.8) is 0 Å². The van der Waals surface area contributed by atoms with Crippen LogP contribution >= 0.6 is 0 Å². The van der Waals surface area contributed by atoms with Gasteiger partial charge in [-0.25, -0.2) is 4.98 Å². The fraction of sp³-hybridized carbons (Fsp3) is 0.133. The number of fused-ring (bicyclic) bond motifs is 1. The van der Waals surface area contributed by atoms with E-state index < -0.39 is 0 Å². The van der Waals surface area contributed by atoms with Crippen molar-refractivity contribution in [3.8, 4) is 5.82 Å². The van der Waals surface area contributed by atoms with Gasteiger partial charge in [-0.3, -0.25) is 5.84 Å². The minimum absolute atomic E-state index is 0.835. The third kappa shape index (κ3) is 1.77. The van der Waals surface area contributed by atoms with Gasteiger partial charge in [-0.15, -0.1) is 0 Å². The van der Waals surface area contributed by atoms with E-state index in [-0.39, 0.29) is 0 Å². The molecule has 0 unspecified atom stereocenters. The van der Waals surface area contributed by atoms with Crippen LogP contribution in [-0.2, 0) is 0 Å². The molecule has 3 aromatic rings. The molecular formula is C15H16N4. The van der Waals surface area contributed by atoms with Crippen molar-refractivity contribution < 1.29 is 0 Å². The highest BCUT2D eigenvalue weighted by Gasteiger charge is 2.11. The number of benzene rings is 1. The average Bonchev–Trinajstić information content (AvgIpc) is 2.77. The summed E-state index contributed by atoms with van der Waals surface area (Å²) in [5.41, 5.74) is 5.87. The summed E-state index contributed by atoms with van der Waals surface area (Å²) in [5, 5.41) is 2.16. The molecule has 2 heterocycles. The molecule has 4 nitrogen and oxygen atoms in total. The van der Waals surface area contributed by atoms with Gasteiger partial charge in [0.2, 0.25) is 0 Å². The third-order valence-electron chi connectivity index (χ3n) is 3.41. The van der Waals surface area contributed by atoms with Gasteiger partial charge < -0.3 is 9.99 Å². The van der Waals surface area contributed by atoms with Crippen molar-refractivity contribution in [2.75, 3.05) is 5.43 Å². The van der Waals surface area contributed by atoms with Crippen LogP contribution in [0.1, 0.15) is 11.4 Å². The number of aromatic nitrogens is 2. The Morgan fingerprint density at radius 1 is 1.00 bits per heavy atom. The Morgan fingerprint density at radius 2 is 1.63 bits per heavy atom. The molecule has 0 saturated heterocycles. The lowest BCUT2D eigenvalue weighted by Gasteiger charge is -2.13. The Bertz CT molecular complexity index is 723. The van der Waals surface area contributed by atoms with Gasteiger partial charge in [0.1, 0.15) is 5.82 Å². The van der Waals surface area contributed by atoms with Gasteiger partial charge in [0.05, 0.1) is 11.9 Å². The molecule has 3 N–H and O–H groups in total. The van der Waals surface area contributed by atoms with Gasteiger partial charge in [-0.1, -0.05) is 24.3 Å². The molecule has 0 spiro atoms. The fourth-order valence-corrected chi connectivity index (χ4v) is 2.47. The molecule has 0 aliphatic carbocycles. The number of anilines is 1. The molecule has 2 aromatic heterocycles.